The van der Waals surface area contributed by atoms with Crippen molar-refractivity contribution in [2.24, 2.45) is 0 Å². The van der Waals surface area contributed by atoms with E-state index in [4.69, 9.17) is 4.52 Å². The lowest BCUT2D eigenvalue weighted by Gasteiger charge is -2.34. The number of carbonyl (C=O) groups is 1. The van der Waals surface area contributed by atoms with E-state index < -0.39 is 0 Å². The summed E-state index contributed by atoms with van der Waals surface area (Å²) in [6.45, 7) is 3.61. The third-order valence-electron chi connectivity index (χ3n) is 5.60. The second-order valence-electron chi connectivity index (χ2n) is 7.57. The fraction of sp³-hybridized carbons (Fsp3) is 0.261. The summed E-state index contributed by atoms with van der Waals surface area (Å²) < 4.78 is 5.42. The predicted octanol–water partition coefficient (Wildman–Crippen LogP) is 3.10. The van der Waals surface area contributed by atoms with Crippen LogP contribution in [0.3, 0.4) is 0 Å². The lowest BCUT2D eigenvalue weighted by molar-refractivity contribution is -0.132. The smallest absolute Gasteiger partial charge is 0.241 e. The number of rotatable bonds is 5. The Labute approximate surface area is 174 Å². The third-order valence-corrected chi connectivity index (χ3v) is 5.60. The molecular weight excluding hydrogens is 378 g/mol. The van der Waals surface area contributed by atoms with Crippen molar-refractivity contribution in [2.75, 3.05) is 26.2 Å². The van der Waals surface area contributed by atoms with E-state index in [2.05, 4.69) is 26.1 Å². The van der Waals surface area contributed by atoms with E-state index in [-0.39, 0.29) is 5.91 Å². The standard InChI is InChI=1S/C23H23N5O2/c29-22(14-18-15-24-20-9-5-4-8-19(18)20)28-12-10-27(11-13-28)16-21-25-23(26-30-21)17-6-2-1-3-7-17/h1-9,15,24H,10-14,16H2. The zero-order valence-electron chi connectivity index (χ0n) is 16.6. The van der Waals surface area contributed by atoms with Gasteiger partial charge in [0.05, 0.1) is 13.0 Å². The number of hydrogen-bond donors (Lipinski definition) is 1. The Balaban J connectivity index is 1.16. The molecule has 0 atom stereocenters. The molecule has 0 spiro atoms. The van der Waals surface area contributed by atoms with E-state index >= 15 is 0 Å². The molecule has 4 aromatic rings. The van der Waals surface area contributed by atoms with Crippen molar-refractivity contribution < 1.29 is 9.32 Å². The van der Waals surface area contributed by atoms with E-state index in [1.807, 2.05) is 59.6 Å². The van der Waals surface area contributed by atoms with E-state index in [0.717, 1.165) is 35.1 Å². The van der Waals surface area contributed by atoms with Gasteiger partial charge >= 0.3 is 0 Å². The number of piperazine rings is 1. The highest BCUT2D eigenvalue weighted by Crippen LogP contribution is 2.20. The summed E-state index contributed by atoms with van der Waals surface area (Å²) >= 11 is 0. The van der Waals surface area contributed by atoms with Crippen LogP contribution in [0.5, 0.6) is 0 Å². The number of hydrogen-bond acceptors (Lipinski definition) is 5. The molecule has 2 aromatic heterocycles. The number of benzene rings is 2. The molecule has 1 amide bonds. The van der Waals surface area contributed by atoms with Gasteiger partial charge in [0.1, 0.15) is 0 Å². The van der Waals surface area contributed by atoms with Gasteiger partial charge in [0.2, 0.25) is 17.6 Å². The zero-order valence-corrected chi connectivity index (χ0v) is 16.6. The van der Waals surface area contributed by atoms with E-state index in [9.17, 15) is 4.79 Å². The Bertz CT molecular complexity index is 1140. The molecule has 5 rings (SSSR count). The number of para-hydroxylation sites is 1. The molecule has 1 fully saturated rings. The molecule has 3 heterocycles. The number of aromatic nitrogens is 3. The molecule has 0 unspecified atom stereocenters. The van der Waals surface area contributed by atoms with Crippen LogP contribution in [0.1, 0.15) is 11.5 Å². The van der Waals surface area contributed by atoms with Crippen molar-refractivity contribution in [3.8, 4) is 11.4 Å². The van der Waals surface area contributed by atoms with Crippen LogP contribution in [-0.2, 0) is 17.8 Å². The van der Waals surface area contributed by atoms with Gasteiger partial charge in [-0.05, 0) is 11.6 Å². The van der Waals surface area contributed by atoms with Crippen LogP contribution in [0.25, 0.3) is 22.3 Å². The van der Waals surface area contributed by atoms with E-state index in [0.29, 0.717) is 37.8 Å². The average Bonchev–Trinajstić information content (AvgIpc) is 3.42. The van der Waals surface area contributed by atoms with Crippen LogP contribution < -0.4 is 0 Å². The van der Waals surface area contributed by atoms with Gasteiger partial charge in [0.15, 0.2) is 0 Å². The molecule has 0 aliphatic carbocycles. The summed E-state index contributed by atoms with van der Waals surface area (Å²) in [5.74, 6) is 1.38. The summed E-state index contributed by atoms with van der Waals surface area (Å²) in [5, 5.41) is 5.20. The van der Waals surface area contributed by atoms with Crippen LogP contribution >= 0.6 is 0 Å². The molecule has 2 aromatic carbocycles. The largest absolute Gasteiger partial charge is 0.361 e. The summed E-state index contributed by atoms with van der Waals surface area (Å²) in [5.41, 5.74) is 3.07. The minimum atomic E-state index is 0.170. The van der Waals surface area contributed by atoms with Crippen molar-refractivity contribution in [1.29, 1.82) is 0 Å². The van der Waals surface area contributed by atoms with Gasteiger partial charge < -0.3 is 14.4 Å². The molecule has 0 bridgehead atoms. The summed E-state index contributed by atoms with van der Waals surface area (Å²) in [6.07, 6.45) is 2.37. The van der Waals surface area contributed by atoms with E-state index in [1.54, 1.807) is 0 Å². The fourth-order valence-corrected chi connectivity index (χ4v) is 3.92. The van der Waals surface area contributed by atoms with Crippen LogP contribution in [0.2, 0.25) is 0 Å². The first-order chi connectivity index (χ1) is 14.8. The van der Waals surface area contributed by atoms with Gasteiger partial charge in [-0.25, -0.2) is 0 Å². The number of aromatic amines is 1. The van der Waals surface area contributed by atoms with Crippen molar-refractivity contribution in [3.63, 3.8) is 0 Å². The number of H-pyrrole nitrogens is 1. The van der Waals surface area contributed by atoms with Gasteiger partial charge in [0, 0.05) is 48.8 Å². The number of nitrogens with one attached hydrogen (secondary N) is 1. The predicted molar refractivity (Wildman–Crippen MR) is 114 cm³/mol. The Morgan fingerprint density at radius 2 is 1.77 bits per heavy atom. The Morgan fingerprint density at radius 1 is 1.00 bits per heavy atom. The second-order valence-corrected chi connectivity index (χ2v) is 7.57. The molecule has 1 saturated heterocycles. The van der Waals surface area contributed by atoms with Crippen LogP contribution in [0.15, 0.2) is 65.3 Å². The van der Waals surface area contributed by atoms with Gasteiger partial charge in [-0.1, -0.05) is 53.7 Å². The summed E-state index contributed by atoms with van der Waals surface area (Å²) in [6, 6.07) is 17.9. The fourth-order valence-electron chi connectivity index (χ4n) is 3.92. The third kappa shape index (κ3) is 3.84. The Morgan fingerprint density at radius 3 is 2.60 bits per heavy atom. The first kappa shape index (κ1) is 18.6. The van der Waals surface area contributed by atoms with Crippen LogP contribution in [0.4, 0.5) is 0 Å². The van der Waals surface area contributed by atoms with Crippen LogP contribution in [-0.4, -0.2) is 57.0 Å². The second kappa shape index (κ2) is 8.12. The molecule has 7 nitrogen and oxygen atoms in total. The lowest BCUT2D eigenvalue weighted by atomic mass is 10.1. The maximum atomic E-state index is 12.8. The number of nitrogens with zero attached hydrogens (tertiary/aromatic N) is 4. The first-order valence-electron chi connectivity index (χ1n) is 10.2. The van der Waals surface area contributed by atoms with Gasteiger partial charge in [-0.2, -0.15) is 4.98 Å². The molecule has 0 saturated carbocycles. The maximum Gasteiger partial charge on any atom is 0.241 e. The average molecular weight is 401 g/mol. The highest BCUT2D eigenvalue weighted by molar-refractivity contribution is 5.88. The SMILES string of the molecule is O=C(Cc1c[nH]c2ccccc12)N1CCN(Cc2nc(-c3ccccc3)no2)CC1. The Kier molecular flexibility index (Phi) is 5.03. The topological polar surface area (TPSA) is 78.3 Å². The van der Waals surface area contributed by atoms with Gasteiger partial charge in [-0.3, -0.25) is 9.69 Å². The molecule has 30 heavy (non-hydrogen) atoms. The number of fused-ring (bicyclic) bond motifs is 1. The van der Waals surface area contributed by atoms with Gasteiger partial charge in [-0.15, -0.1) is 0 Å². The molecule has 7 heteroatoms. The molecule has 0 radical (unpaired) electrons. The first-order valence-corrected chi connectivity index (χ1v) is 10.2. The number of carbonyl (C=O) groups excluding carboxylic acids is 1. The maximum absolute atomic E-state index is 12.8. The van der Waals surface area contributed by atoms with Crippen molar-refractivity contribution in [1.82, 2.24) is 24.9 Å². The van der Waals surface area contributed by atoms with Gasteiger partial charge in [0.25, 0.3) is 0 Å². The lowest BCUT2D eigenvalue weighted by Crippen LogP contribution is -2.48. The minimum Gasteiger partial charge on any atom is -0.361 e. The Hall–Kier alpha value is -3.45. The van der Waals surface area contributed by atoms with Crippen molar-refractivity contribution >= 4 is 16.8 Å². The highest BCUT2D eigenvalue weighted by atomic mass is 16.5. The molecular formula is C23H23N5O2. The van der Waals surface area contributed by atoms with E-state index in [1.165, 1.54) is 0 Å². The monoisotopic (exact) mass is 401 g/mol. The van der Waals surface area contributed by atoms with Crippen LogP contribution in [0, 0.1) is 0 Å². The minimum absolute atomic E-state index is 0.170. The van der Waals surface area contributed by atoms with Crippen molar-refractivity contribution in [2.45, 2.75) is 13.0 Å². The quantitative estimate of drug-likeness (QED) is 0.556. The zero-order chi connectivity index (χ0) is 20.3. The number of amides is 1. The molecule has 1 aliphatic heterocycles. The summed E-state index contributed by atoms with van der Waals surface area (Å²) in [4.78, 5) is 24.7. The highest BCUT2D eigenvalue weighted by Gasteiger charge is 2.23. The molecule has 1 N–H and O–H groups in total. The molecule has 152 valence electrons. The molecule has 1 aliphatic rings. The normalized spacial score (nSPS) is 15.0. The van der Waals surface area contributed by atoms with Crippen molar-refractivity contribution in [3.05, 3.63) is 72.2 Å². The summed E-state index contributed by atoms with van der Waals surface area (Å²) in [7, 11) is 0.